The van der Waals surface area contributed by atoms with E-state index >= 15 is 0 Å². The lowest BCUT2D eigenvalue weighted by Gasteiger charge is -2.18. The predicted octanol–water partition coefficient (Wildman–Crippen LogP) is 3.12. The summed E-state index contributed by atoms with van der Waals surface area (Å²) in [5, 5.41) is 0. The molecule has 144 valence electrons. The van der Waals surface area contributed by atoms with E-state index in [4.69, 9.17) is 4.74 Å². The Morgan fingerprint density at radius 2 is 1.96 bits per heavy atom. The number of nitrogens with zero attached hydrogens (tertiary/aromatic N) is 1. The largest absolute Gasteiger partial charge is 0.454 e. The molecule has 2 heterocycles. The van der Waals surface area contributed by atoms with E-state index in [9.17, 15) is 18.0 Å². The fourth-order valence-electron chi connectivity index (χ4n) is 3.12. The maximum absolute atomic E-state index is 12.4. The summed E-state index contributed by atoms with van der Waals surface area (Å²) in [6.07, 6.45) is 0.558. The number of carbonyl (C=O) groups is 2. The topological polar surface area (TPSA) is 80.8 Å². The van der Waals surface area contributed by atoms with Crippen LogP contribution < -0.4 is 4.31 Å². The van der Waals surface area contributed by atoms with Crippen LogP contribution in [0.1, 0.15) is 43.0 Å². The van der Waals surface area contributed by atoms with Gasteiger partial charge in [0.25, 0.3) is 0 Å². The first-order valence-electron chi connectivity index (χ1n) is 8.63. The zero-order chi connectivity index (χ0) is 19.8. The van der Waals surface area contributed by atoms with Gasteiger partial charge < -0.3 is 4.74 Å². The molecule has 1 aliphatic rings. The normalized spacial score (nSPS) is 13.5. The van der Waals surface area contributed by atoms with Gasteiger partial charge in [-0.05, 0) is 57.0 Å². The quantitative estimate of drug-likeness (QED) is 0.543. The van der Waals surface area contributed by atoms with E-state index in [1.54, 1.807) is 31.2 Å². The molecule has 0 saturated heterocycles. The second-order valence-corrected chi connectivity index (χ2v) is 10.0. The van der Waals surface area contributed by atoms with Crippen molar-refractivity contribution in [3.8, 4) is 0 Å². The van der Waals surface area contributed by atoms with E-state index in [0.29, 0.717) is 29.8 Å². The number of aryl methyl sites for hydroxylation is 2. The minimum absolute atomic E-state index is 0.0323. The van der Waals surface area contributed by atoms with E-state index in [1.165, 1.54) is 15.6 Å². The number of hydrogen-bond acceptors (Lipinski definition) is 6. The fraction of sp³-hybridized carbons (Fsp3) is 0.368. The van der Waals surface area contributed by atoms with Crippen LogP contribution in [0, 0.1) is 13.8 Å². The summed E-state index contributed by atoms with van der Waals surface area (Å²) in [6, 6.07) is 6.68. The van der Waals surface area contributed by atoms with Gasteiger partial charge in [-0.2, -0.15) is 0 Å². The van der Waals surface area contributed by atoms with Crippen molar-refractivity contribution in [2.75, 3.05) is 23.2 Å². The molecule has 0 amide bonds. The van der Waals surface area contributed by atoms with Gasteiger partial charge in [0, 0.05) is 21.9 Å². The molecule has 27 heavy (non-hydrogen) atoms. The third-order valence-electron chi connectivity index (χ3n) is 4.55. The number of benzene rings is 1. The van der Waals surface area contributed by atoms with Crippen molar-refractivity contribution in [1.82, 2.24) is 0 Å². The van der Waals surface area contributed by atoms with Crippen LogP contribution in [0.5, 0.6) is 0 Å². The van der Waals surface area contributed by atoms with E-state index < -0.39 is 16.0 Å². The number of sulfonamides is 1. The van der Waals surface area contributed by atoms with Crippen molar-refractivity contribution in [3.05, 3.63) is 50.7 Å². The number of hydrogen-bond donors (Lipinski definition) is 0. The first-order valence-corrected chi connectivity index (χ1v) is 11.1. The van der Waals surface area contributed by atoms with Gasteiger partial charge in [-0.25, -0.2) is 13.2 Å². The Bertz CT molecular complexity index is 1010. The van der Waals surface area contributed by atoms with Crippen molar-refractivity contribution in [2.45, 2.75) is 27.2 Å². The van der Waals surface area contributed by atoms with Crippen LogP contribution in [0.25, 0.3) is 0 Å². The summed E-state index contributed by atoms with van der Waals surface area (Å²) in [7, 11) is -3.32. The van der Waals surface area contributed by atoms with Crippen molar-refractivity contribution >= 4 is 38.8 Å². The van der Waals surface area contributed by atoms with Crippen molar-refractivity contribution < 1.29 is 22.7 Å². The maximum atomic E-state index is 12.4. The fourth-order valence-corrected chi connectivity index (χ4v) is 5.19. The Labute approximate surface area is 162 Å². The van der Waals surface area contributed by atoms with Crippen LogP contribution in [0.4, 0.5) is 5.69 Å². The minimum atomic E-state index is -3.32. The summed E-state index contributed by atoms with van der Waals surface area (Å²) in [4.78, 5) is 26.4. The predicted molar refractivity (Wildman–Crippen MR) is 105 cm³/mol. The molecule has 0 bridgehead atoms. The van der Waals surface area contributed by atoms with Gasteiger partial charge in [0.2, 0.25) is 10.0 Å². The highest BCUT2D eigenvalue weighted by Gasteiger charge is 2.28. The molecule has 6 nitrogen and oxygen atoms in total. The van der Waals surface area contributed by atoms with Crippen LogP contribution in [0.3, 0.4) is 0 Å². The number of ketones is 1. The van der Waals surface area contributed by atoms with Gasteiger partial charge in [-0.1, -0.05) is 0 Å². The van der Waals surface area contributed by atoms with Gasteiger partial charge in [-0.15, -0.1) is 11.3 Å². The summed E-state index contributed by atoms with van der Waals surface area (Å²) in [6.45, 7) is 5.40. The molecule has 2 aromatic rings. The van der Waals surface area contributed by atoms with Crippen LogP contribution in [-0.4, -0.2) is 39.1 Å². The minimum Gasteiger partial charge on any atom is -0.454 e. The van der Waals surface area contributed by atoms with Crippen LogP contribution in [0.2, 0.25) is 0 Å². The highest BCUT2D eigenvalue weighted by atomic mass is 32.2. The van der Waals surface area contributed by atoms with Gasteiger partial charge in [0.05, 0.1) is 17.0 Å². The Morgan fingerprint density at radius 3 is 2.59 bits per heavy atom. The SMILES string of the molecule is CCS(=O)(=O)N1CCc2cc(C(=O)COC(=O)c3cc(C)sc3C)ccc21. The number of thiophene rings is 1. The second kappa shape index (κ2) is 7.44. The lowest BCUT2D eigenvalue weighted by molar-refractivity contribution is 0.0474. The summed E-state index contributed by atoms with van der Waals surface area (Å²) in [5.41, 5.74) is 2.33. The van der Waals surface area contributed by atoms with Gasteiger partial charge in [0.1, 0.15) is 0 Å². The molecular formula is C19H21NO5S2. The second-order valence-electron chi connectivity index (χ2n) is 6.39. The number of ether oxygens (including phenoxy) is 1. The number of anilines is 1. The van der Waals surface area contributed by atoms with Gasteiger partial charge in [-0.3, -0.25) is 9.10 Å². The molecule has 1 aliphatic heterocycles. The smallest absolute Gasteiger partial charge is 0.339 e. The molecule has 0 saturated carbocycles. The number of carbonyl (C=O) groups excluding carboxylic acids is 2. The number of Topliss-reactive ketones (excluding diaryl/α,β-unsaturated/α-hetero) is 1. The third kappa shape index (κ3) is 3.91. The van der Waals surface area contributed by atoms with Crippen molar-refractivity contribution in [2.24, 2.45) is 0 Å². The van der Waals surface area contributed by atoms with Crippen molar-refractivity contribution in [1.29, 1.82) is 0 Å². The van der Waals surface area contributed by atoms with E-state index in [0.717, 1.165) is 15.3 Å². The first kappa shape index (κ1) is 19.6. The molecule has 0 aliphatic carbocycles. The molecule has 0 spiro atoms. The molecule has 0 fully saturated rings. The first-order chi connectivity index (χ1) is 12.7. The number of fused-ring (bicyclic) bond motifs is 1. The van der Waals surface area contributed by atoms with Gasteiger partial charge >= 0.3 is 5.97 Å². The molecule has 0 N–H and O–H groups in total. The van der Waals surface area contributed by atoms with E-state index in [-0.39, 0.29) is 18.1 Å². The molecular weight excluding hydrogens is 386 g/mol. The summed E-state index contributed by atoms with van der Waals surface area (Å²) in [5.74, 6) is -0.788. The lowest BCUT2D eigenvalue weighted by atomic mass is 10.1. The maximum Gasteiger partial charge on any atom is 0.339 e. The third-order valence-corrected chi connectivity index (χ3v) is 7.30. The standard InChI is InChI=1S/C19H21NO5S2/c1-4-27(23,24)20-8-7-14-10-15(5-6-17(14)20)18(21)11-25-19(22)16-9-12(2)26-13(16)3/h5-6,9-10H,4,7-8,11H2,1-3H3. The molecule has 1 aromatic carbocycles. The molecule has 0 unspecified atom stereocenters. The van der Waals surface area contributed by atoms with Gasteiger partial charge in [0.15, 0.2) is 12.4 Å². The zero-order valence-corrected chi connectivity index (χ0v) is 17.1. The molecule has 1 aromatic heterocycles. The van der Waals surface area contributed by atoms with Crippen LogP contribution >= 0.6 is 11.3 Å². The molecule has 3 rings (SSSR count). The summed E-state index contributed by atoms with van der Waals surface area (Å²) < 4.78 is 30.8. The average molecular weight is 408 g/mol. The van der Waals surface area contributed by atoms with Crippen LogP contribution in [0.15, 0.2) is 24.3 Å². The average Bonchev–Trinajstić information content (AvgIpc) is 3.21. The Balaban J connectivity index is 1.70. The summed E-state index contributed by atoms with van der Waals surface area (Å²) >= 11 is 1.51. The number of esters is 1. The number of rotatable bonds is 6. The van der Waals surface area contributed by atoms with E-state index in [2.05, 4.69) is 0 Å². The molecule has 8 heteroatoms. The van der Waals surface area contributed by atoms with Crippen LogP contribution in [-0.2, 0) is 21.2 Å². The van der Waals surface area contributed by atoms with Crippen molar-refractivity contribution in [3.63, 3.8) is 0 Å². The highest BCUT2D eigenvalue weighted by molar-refractivity contribution is 7.92. The Morgan fingerprint density at radius 1 is 1.22 bits per heavy atom. The lowest BCUT2D eigenvalue weighted by Crippen LogP contribution is -2.30. The monoisotopic (exact) mass is 407 g/mol. The van der Waals surface area contributed by atoms with E-state index in [1.807, 2.05) is 13.8 Å². The Kier molecular flexibility index (Phi) is 5.39. The molecule has 0 atom stereocenters. The zero-order valence-electron chi connectivity index (χ0n) is 15.4. The molecule has 0 radical (unpaired) electrons. The Hall–Kier alpha value is -2.19. The highest BCUT2D eigenvalue weighted by Crippen LogP contribution is 2.31.